The third-order valence-corrected chi connectivity index (χ3v) is 8.82. The molecular formula is C24H25Cl2F4N3O4S. The number of carbonyl (C=O) groups excluding carboxylic acids is 1. The first kappa shape index (κ1) is 28.7. The average molecular weight is 598 g/mol. The van der Waals surface area contributed by atoms with Gasteiger partial charge in [-0.3, -0.25) is 0 Å². The maximum absolute atomic E-state index is 14.3. The van der Waals surface area contributed by atoms with Crippen LogP contribution in [0, 0.1) is 11.7 Å². The topological polar surface area (TPSA) is 70.2 Å². The van der Waals surface area contributed by atoms with Crippen LogP contribution in [0.4, 0.5) is 22.4 Å². The maximum Gasteiger partial charge on any atom is 0.416 e. The van der Waals surface area contributed by atoms with Gasteiger partial charge in [0.15, 0.2) is 11.6 Å². The zero-order valence-corrected chi connectivity index (χ0v) is 22.5. The molecule has 0 bridgehead atoms. The Hall–Kier alpha value is -2.28. The quantitative estimate of drug-likeness (QED) is 0.458. The van der Waals surface area contributed by atoms with E-state index in [9.17, 15) is 30.8 Å². The third-order valence-electron chi connectivity index (χ3n) is 6.77. The number of urea groups is 1. The number of rotatable bonds is 5. The molecule has 2 aromatic rings. The lowest BCUT2D eigenvalue weighted by molar-refractivity contribution is -0.137. The van der Waals surface area contributed by atoms with E-state index < -0.39 is 39.2 Å². The van der Waals surface area contributed by atoms with Crippen molar-refractivity contribution in [3.05, 3.63) is 63.4 Å². The minimum absolute atomic E-state index is 0.158. The standard InChI is InChI=1S/C24H25Cl2F4N3O4S/c1-38(35,36)33-8-6-31(7-9-33)23(34)32-12-16(18(13-32)15-2-4-19(25)20(26)10-15)14-37-22-11-17(24(28,29)30)3-5-21(22)27/h2-5,10-11,16,18H,6-9,12-14H2,1H3/t16-,18?/m0/s1. The highest BCUT2D eigenvalue weighted by Crippen LogP contribution is 2.38. The Balaban J connectivity index is 1.52. The van der Waals surface area contributed by atoms with Gasteiger partial charge in [0.2, 0.25) is 10.0 Å². The van der Waals surface area contributed by atoms with Gasteiger partial charge in [0.1, 0.15) is 0 Å². The van der Waals surface area contributed by atoms with Crippen LogP contribution >= 0.6 is 23.2 Å². The number of hydrogen-bond acceptors (Lipinski definition) is 4. The molecule has 2 aliphatic rings. The molecule has 2 aromatic carbocycles. The molecule has 2 aliphatic heterocycles. The number of piperazine rings is 1. The van der Waals surface area contributed by atoms with Gasteiger partial charge < -0.3 is 14.5 Å². The number of likely N-dealkylation sites (tertiary alicyclic amines) is 1. The maximum atomic E-state index is 14.3. The van der Waals surface area contributed by atoms with Crippen molar-refractivity contribution in [1.82, 2.24) is 14.1 Å². The summed E-state index contributed by atoms with van der Waals surface area (Å²) in [7, 11) is -3.36. The monoisotopic (exact) mass is 597 g/mol. The number of carbonyl (C=O) groups is 1. The number of hydrogen-bond donors (Lipinski definition) is 0. The molecule has 2 fully saturated rings. The predicted molar refractivity (Wildman–Crippen MR) is 135 cm³/mol. The van der Waals surface area contributed by atoms with Crippen LogP contribution in [0.25, 0.3) is 0 Å². The van der Waals surface area contributed by atoms with Crippen LogP contribution in [0.3, 0.4) is 0 Å². The van der Waals surface area contributed by atoms with Gasteiger partial charge in [-0.25, -0.2) is 17.6 Å². The fraction of sp³-hybridized carbons (Fsp3) is 0.458. The summed E-state index contributed by atoms with van der Waals surface area (Å²) in [6, 6.07) is 6.67. The minimum Gasteiger partial charge on any atom is -0.490 e. The summed E-state index contributed by atoms with van der Waals surface area (Å²) in [5.41, 5.74) is -0.291. The number of halogens is 6. The summed E-state index contributed by atoms with van der Waals surface area (Å²) in [6.45, 7) is 1.08. The molecule has 0 saturated carbocycles. The first-order valence-corrected chi connectivity index (χ1v) is 14.3. The second kappa shape index (κ2) is 11.1. The second-order valence-electron chi connectivity index (χ2n) is 9.33. The molecule has 38 heavy (non-hydrogen) atoms. The van der Waals surface area contributed by atoms with Crippen molar-refractivity contribution in [1.29, 1.82) is 0 Å². The summed E-state index contributed by atoms with van der Waals surface area (Å²) < 4.78 is 84.0. The molecule has 0 aromatic heterocycles. The van der Waals surface area contributed by atoms with Gasteiger partial charge in [-0.15, -0.1) is 0 Å². The Kier molecular flexibility index (Phi) is 8.37. The van der Waals surface area contributed by atoms with Crippen molar-refractivity contribution in [2.24, 2.45) is 5.92 Å². The first-order chi connectivity index (χ1) is 17.7. The second-order valence-corrected chi connectivity index (χ2v) is 12.1. The van der Waals surface area contributed by atoms with Gasteiger partial charge >= 0.3 is 12.2 Å². The Morgan fingerprint density at radius 3 is 2.29 bits per heavy atom. The van der Waals surface area contributed by atoms with E-state index in [2.05, 4.69) is 0 Å². The Bertz CT molecular complexity index is 1300. The van der Waals surface area contributed by atoms with Gasteiger partial charge in [0, 0.05) is 51.1 Å². The third kappa shape index (κ3) is 6.47. The number of amides is 2. The zero-order valence-electron chi connectivity index (χ0n) is 20.2. The Morgan fingerprint density at radius 1 is 1.00 bits per heavy atom. The summed E-state index contributed by atoms with van der Waals surface area (Å²) in [5.74, 6) is -2.18. The van der Waals surface area contributed by atoms with Crippen molar-refractivity contribution in [3.63, 3.8) is 0 Å². The fourth-order valence-corrected chi connectivity index (χ4v) is 5.85. The van der Waals surface area contributed by atoms with Gasteiger partial charge in [0.25, 0.3) is 0 Å². The van der Waals surface area contributed by atoms with Crippen LogP contribution in [0.5, 0.6) is 5.75 Å². The van der Waals surface area contributed by atoms with Gasteiger partial charge in [-0.05, 0) is 35.9 Å². The first-order valence-electron chi connectivity index (χ1n) is 11.7. The molecule has 208 valence electrons. The molecule has 2 saturated heterocycles. The molecule has 2 amide bonds. The van der Waals surface area contributed by atoms with Crippen molar-refractivity contribution < 1.29 is 35.5 Å². The van der Waals surface area contributed by atoms with Crippen LogP contribution < -0.4 is 4.74 Å². The summed E-state index contributed by atoms with van der Waals surface area (Å²) in [6.07, 6.45) is -3.54. The molecule has 2 heterocycles. The largest absolute Gasteiger partial charge is 0.490 e. The predicted octanol–water partition coefficient (Wildman–Crippen LogP) is 4.94. The van der Waals surface area contributed by atoms with E-state index >= 15 is 0 Å². The van der Waals surface area contributed by atoms with Crippen LogP contribution in [0.1, 0.15) is 17.0 Å². The van der Waals surface area contributed by atoms with E-state index in [-0.39, 0.29) is 57.8 Å². The van der Waals surface area contributed by atoms with Crippen molar-refractivity contribution in [3.8, 4) is 5.75 Å². The fourth-order valence-electron chi connectivity index (χ4n) is 4.72. The van der Waals surface area contributed by atoms with Crippen molar-refractivity contribution in [2.75, 3.05) is 52.1 Å². The molecule has 2 atom stereocenters. The molecule has 0 spiro atoms. The van der Waals surface area contributed by atoms with E-state index in [0.29, 0.717) is 28.2 Å². The number of ether oxygens (including phenoxy) is 1. The SMILES string of the molecule is CS(=O)(=O)N1CCN(C(=O)N2CC(c3ccc(Cl)c(Cl)c3)[C@H](COc3cc(C(F)(F)F)ccc3F)C2)CC1. The molecular weight excluding hydrogens is 573 g/mol. The number of sulfonamides is 1. The highest BCUT2D eigenvalue weighted by molar-refractivity contribution is 7.88. The van der Waals surface area contributed by atoms with Crippen LogP contribution in [-0.2, 0) is 16.2 Å². The van der Waals surface area contributed by atoms with Crippen LogP contribution in [0.15, 0.2) is 36.4 Å². The summed E-state index contributed by atoms with van der Waals surface area (Å²) in [4.78, 5) is 16.4. The van der Waals surface area contributed by atoms with E-state index in [0.717, 1.165) is 11.8 Å². The lowest BCUT2D eigenvalue weighted by atomic mass is 9.89. The van der Waals surface area contributed by atoms with E-state index in [1.807, 2.05) is 0 Å². The summed E-state index contributed by atoms with van der Waals surface area (Å²) in [5, 5.41) is 0.637. The normalized spacial score (nSPS) is 21.1. The van der Waals surface area contributed by atoms with Crippen LogP contribution in [-0.4, -0.2) is 80.7 Å². The molecule has 7 nitrogen and oxygen atoms in total. The minimum atomic E-state index is -4.66. The van der Waals surface area contributed by atoms with E-state index in [1.54, 1.807) is 28.0 Å². The van der Waals surface area contributed by atoms with Crippen molar-refractivity contribution >= 4 is 39.3 Å². The van der Waals surface area contributed by atoms with Gasteiger partial charge in [-0.1, -0.05) is 29.3 Å². The van der Waals surface area contributed by atoms with Gasteiger partial charge in [-0.2, -0.15) is 17.5 Å². The lowest BCUT2D eigenvalue weighted by Gasteiger charge is -2.35. The average Bonchev–Trinajstić information content (AvgIpc) is 3.28. The zero-order chi connectivity index (χ0) is 27.8. The van der Waals surface area contributed by atoms with E-state index in [1.165, 1.54) is 4.31 Å². The van der Waals surface area contributed by atoms with Crippen LogP contribution in [0.2, 0.25) is 10.0 Å². The van der Waals surface area contributed by atoms with Crippen molar-refractivity contribution in [2.45, 2.75) is 12.1 Å². The summed E-state index contributed by atoms with van der Waals surface area (Å²) >= 11 is 12.3. The molecule has 0 aliphatic carbocycles. The van der Waals surface area contributed by atoms with Gasteiger partial charge in [0.05, 0.1) is 28.5 Å². The lowest BCUT2D eigenvalue weighted by Crippen LogP contribution is -2.53. The Morgan fingerprint density at radius 2 is 1.68 bits per heavy atom. The number of benzene rings is 2. The highest BCUT2D eigenvalue weighted by atomic mass is 35.5. The molecule has 4 rings (SSSR count). The molecule has 0 radical (unpaired) electrons. The molecule has 0 N–H and O–H groups in total. The highest BCUT2D eigenvalue weighted by Gasteiger charge is 2.40. The smallest absolute Gasteiger partial charge is 0.416 e. The number of alkyl halides is 3. The Labute approximate surface area is 227 Å². The molecule has 14 heteroatoms. The van der Waals surface area contributed by atoms with E-state index in [4.69, 9.17) is 27.9 Å². The molecule has 1 unspecified atom stereocenters. The number of nitrogens with zero attached hydrogens (tertiary/aromatic N) is 3.